The second-order valence-corrected chi connectivity index (χ2v) is 6.92. The molecule has 1 aliphatic carbocycles. The molecule has 2 amide bonds. The molecule has 0 saturated carbocycles. The number of fused-ring (bicyclic) bond motifs is 1. The van der Waals surface area contributed by atoms with Crippen LogP contribution in [0.2, 0.25) is 0 Å². The smallest absolute Gasteiger partial charge is 0.326 e. The highest BCUT2D eigenvalue weighted by atomic mass is 16.4. The van der Waals surface area contributed by atoms with Gasteiger partial charge in [-0.1, -0.05) is 18.2 Å². The molecule has 2 N–H and O–H groups in total. The number of carboxylic acid groups (broad SMARTS) is 1. The molecule has 0 radical (unpaired) electrons. The molecule has 1 aromatic rings. The molecule has 1 aromatic carbocycles. The summed E-state index contributed by atoms with van der Waals surface area (Å²) in [6.45, 7) is 0.167. The van der Waals surface area contributed by atoms with Crippen LogP contribution in [0.1, 0.15) is 36.0 Å². The van der Waals surface area contributed by atoms with Gasteiger partial charge in [0, 0.05) is 13.6 Å². The van der Waals surface area contributed by atoms with Gasteiger partial charge in [0.2, 0.25) is 11.8 Å². The summed E-state index contributed by atoms with van der Waals surface area (Å²) < 4.78 is 0. The number of carbonyl (C=O) groups is 3. The molecule has 0 bridgehead atoms. The highest BCUT2D eigenvalue weighted by Crippen LogP contribution is 2.26. The van der Waals surface area contributed by atoms with Gasteiger partial charge in [-0.15, -0.1) is 0 Å². The highest BCUT2D eigenvalue weighted by molar-refractivity contribution is 5.87. The van der Waals surface area contributed by atoms with Crippen molar-refractivity contribution >= 4 is 17.8 Å². The number of nitrogens with one attached hydrogen (secondary N) is 1. The van der Waals surface area contributed by atoms with Crippen molar-refractivity contribution in [2.45, 2.75) is 44.6 Å². The lowest BCUT2D eigenvalue weighted by Gasteiger charge is -2.36. The normalized spacial score (nSPS) is 22.4. The number of aryl methyl sites for hydroxylation is 2. The summed E-state index contributed by atoms with van der Waals surface area (Å²) in [4.78, 5) is 37.6. The fourth-order valence-corrected chi connectivity index (χ4v) is 3.93. The number of carboxylic acids is 1. The van der Waals surface area contributed by atoms with Crippen LogP contribution in [-0.4, -0.2) is 47.4 Å². The predicted octanol–water partition coefficient (Wildman–Crippen LogP) is 1.16. The molecule has 3 rings (SSSR count). The number of aliphatic carboxylic acids is 1. The first-order chi connectivity index (χ1) is 12.0. The molecule has 1 heterocycles. The first-order valence-electron chi connectivity index (χ1n) is 8.84. The maximum atomic E-state index is 12.8. The number of benzene rings is 1. The van der Waals surface area contributed by atoms with Crippen molar-refractivity contribution in [1.29, 1.82) is 0 Å². The fourth-order valence-electron chi connectivity index (χ4n) is 3.93. The summed E-state index contributed by atoms with van der Waals surface area (Å²) in [5.74, 6) is -1.71. The number of hydrogen-bond donors (Lipinski definition) is 2. The lowest BCUT2D eigenvalue weighted by atomic mass is 9.91. The van der Waals surface area contributed by atoms with E-state index in [1.54, 1.807) is 7.05 Å². The number of hydrogen-bond acceptors (Lipinski definition) is 3. The van der Waals surface area contributed by atoms with E-state index in [0.29, 0.717) is 12.8 Å². The maximum Gasteiger partial charge on any atom is 0.326 e. The van der Waals surface area contributed by atoms with E-state index in [0.717, 1.165) is 24.8 Å². The van der Waals surface area contributed by atoms with Crippen molar-refractivity contribution in [1.82, 2.24) is 10.2 Å². The van der Waals surface area contributed by atoms with E-state index in [4.69, 9.17) is 0 Å². The average Bonchev–Trinajstić information content (AvgIpc) is 3.08. The molecule has 0 unspecified atom stereocenters. The van der Waals surface area contributed by atoms with Crippen LogP contribution in [0.5, 0.6) is 0 Å². The van der Waals surface area contributed by atoms with E-state index in [1.807, 2.05) is 6.07 Å². The van der Waals surface area contributed by atoms with Crippen LogP contribution >= 0.6 is 0 Å². The minimum absolute atomic E-state index is 0.140. The second-order valence-electron chi connectivity index (χ2n) is 6.92. The Bertz CT molecular complexity index is 701. The lowest BCUT2D eigenvalue weighted by Crippen LogP contribution is -2.53. The van der Waals surface area contributed by atoms with E-state index < -0.39 is 12.0 Å². The quantitative estimate of drug-likeness (QED) is 0.858. The third-order valence-electron chi connectivity index (χ3n) is 5.32. The summed E-state index contributed by atoms with van der Waals surface area (Å²) in [5.41, 5.74) is 3.55. The topological polar surface area (TPSA) is 86.7 Å². The van der Waals surface area contributed by atoms with Gasteiger partial charge >= 0.3 is 5.97 Å². The summed E-state index contributed by atoms with van der Waals surface area (Å²) in [5, 5.41) is 12.0. The maximum absolute atomic E-state index is 12.8. The third kappa shape index (κ3) is 3.67. The lowest BCUT2D eigenvalue weighted by molar-refractivity contribution is -0.154. The Morgan fingerprint density at radius 2 is 1.96 bits per heavy atom. The van der Waals surface area contributed by atoms with Crippen LogP contribution in [0, 0.1) is 5.92 Å². The molecular formula is C19H24N2O4. The minimum atomic E-state index is -1.00. The Morgan fingerprint density at radius 3 is 2.68 bits per heavy atom. The molecule has 134 valence electrons. The molecule has 1 fully saturated rings. The van der Waals surface area contributed by atoms with Gasteiger partial charge in [0.05, 0.1) is 12.3 Å². The average molecular weight is 344 g/mol. The Labute approximate surface area is 147 Å². The summed E-state index contributed by atoms with van der Waals surface area (Å²) in [6, 6.07) is 5.25. The van der Waals surface area contributed by atoms with Crippen LogP contribution in [0.15, 0.2) is 18.2 Å². The number of piperidine rings is 1. The van der Waals surface area contributed by atoms with Crippen molar-refractivity contribution in [2.24, 2.45) is 5.92 Å². The minimum Gasteiger partial charge on any atom is -0.480 e. The number of amides is 2. The molecule has 1 saturated heterocycles. The van der Waals surface area contributed by atoms with Crippen molar-refractivity contribution in [3.05, 3.63) is 34.9 Å². The van der Waals surface area contributed by atoms with Gasteiger partial charge in [-0.05, 0) is 48.8 Å². The molecule has 2 atom stereocenters. The van der Waals surface area contributed by atoms with Crippen molar-refractivity contribution in [2.75, 3.05) is 13.6 Å². The van der Waals surface area contributed by atoms with Gasteiger partial charge in [0.15, 0.2) is 0 Å². The Balaban J connectivity index is 1.74. The first-order valence-corrected chi connectivity index (χ1v) is 8.84. The van der Waals surface area contributed by atoms with Gasteiger partial charge in [-0.2, -0.15) is 0 Å². The number of nitrogens with zero attached hydrogens (tertiary/aromatic N) is 1. The molecule has 2 aliphatic rings. The molecule has 0 spiro atoms. The largest absolute Gasteiger partial charge is 0.480 e. The Kier molecular flexibility index (Phi) is 5.06. The van der Waals surface area contributed by atoms with E-state index in [2.05, 4.69) is 17.4 Å². The second kappa shape index (κ2) is 7.25. The SMILES string of the molecule is CNC(=O)[C@H]1CC[C@@H](C(=O)O)N(C(=O)Cc2ccc3c(c2)CCC3)C1. The third-order valence-corrected chi connectivity index (χ3v) is 5.32. The van der Waals surface area contributed by atoms with Gasteiger partial charge in [-0.3, -0.25) is 9.59 Å². The van der Waals surface area contributed by atoms with Gasteiger partial charge in [0.25, 0.3) is 0 Å². The Hall–Kier alpha value is -2.37. The van der Waals surface area contributed by atoms with E-state index >= 15 is 0 Å². The first kappa shape index (κ1) is 17.5. The molecular weight excluding hydrogens is 320 g/mol. The van der Waals surface area contributed by atoms with Crippen LogP contribution in [0.25, 0.3) is 0 Å². The molecule has 0 aromatic heterocycles. The number of likely N-dealkylation sites (tertiary alicyclic amines) is 1. The van der Waals surface area contributed by atoms with Crippen LogP contribution in [0.4, 0.5) is 0 Å². The highest BCUT2D eigenvalue weighted by Gasteiger charge is 2.38. The number of rotatable bonds is 4. The summed E-state index contributed by atoms with van der Waals surface area (Å²) in [7, 11) is 1.56. The monoisotopic (exact) mass is 344 g/mol. The summed E-state index contributed by atoms with van der Waals surface area (Å²) in [6.07, 6.45) is 4.25. The molecule has 6 nitrogen and oxygen atoms in total. The van der Waals surface area contributed by atoms with Gasteiger partial charge in [-0.25, -0.2) is 4.79 Å². The zero-order chi connectivity index (χ0) is 18.0. The van der Waals surface area contributed by atoms with Crippen molar-refractivity contribution < 1.29 is 19.5 Å². The van der Waals surface area contributed by atoms with Gasteiger partial charge < -0.3 is 15.3 Å². The molecule has 1 aliphatic heterocycles. The van der Waals surface area contributed by atoms with Gasteiger partial charge in [0.1, 0.15) is 6.04 Å². The van der Waals surface area contributed by atoms with E-state index in [-0.39, 0.29) is 30.7 Å². The van der Waals surface area contributed by atoms with Crippen molar-refractivity contribution in [3.8, 4) is 0 Å². The van der Waals surface area contributed by atoms with E-state index in [1.165, 1.54) is 16.0 Å². The van der Waals surface area contributed by atoms with E-state index in [9.17, 15) is 19.5 Å². The summed E-state index contributed by atoms with van der Waals surface area (Å²) >= 11 is 0. The number of carbonyl (C=O) groups excluding carboxylic acids is 2. The van der Waals surface area contributed by atoms with Crippen molar-refractivity contribution in [3.63, 3.8) is 0 Å². The van der Waals surface area contributed by atoms with Crippen LogP contribution in [-0.2, 0) is 33.6 Å². The van der Waals surface area contributed by atoms with Crippen LogP contribution in [0.3, 0.4) is 0 Å². The molecule has 6 heteroatoms. The predicted molar refractivity (Wildman–Crippen MR) is 92.1 cm³/mol. The Morgan fingerprint density at radius 1 is 1.20 bits per heavy atom. The fraction of sp³-hybridized carbons (Fsp3) is 0.526. The standard InChI is InChI=1S/C19H24N2O4/c1-20-18(23)15-7-8-16(19(24)25)21(11-15)17(22)10-12-5-6-13-3-2-4-14(13)9-12/h5-6,9,15-16H,2-4,7-8,10-11H2,1H3,(H,20,23)(H,24,25)/t15-,16-/m0/s1. The zero-order valence-corrected chi connectivity index (χ0v) is 14.5. The molecule has 25 heavy (non-hydrogen) atoms. The van der Waals surface area contributed by atoms with Crippen LogP contribution < -0.4 is 5.32 Å². The zero-order valence-electron chi connectivity index (χ0n) is 14.5.